The van der Waals surface area contributed by atoms with Crippen LogP contribution in [0.25, 0.3) is 0 Å². The lowest BCUT2D eigenvalue weighted by Crippen LogP contribution is -2.40. The molecular formula is C12H17N3O2. The molecule has 0 aromatic carbocycles. The van der Waals surface area contributed by atoms with Crippen LogP contribution in [0.3, 0.4) is 0 Å². The van der Waals surface area contributed by atoms with E-state index in [9.17, 15) is 9.59 Å². The fourth-order valence-electron chi connectivity index (χ4n) is 1.72. The third-order valence-electron chi connectivity index (χ3n) is 2.98. The van der Waals surface area contributed by atoms with Gasteiger partial charge in [-0.1, -0.05) is 6.07 Å². The van der Waals surface area contributed by atoms with Crippen molar-refractivity contribution in [2.75, 3.05) is 6.54 Å². The molecule has 1 amide bonds. The second kappa shape index (κ2) is 5.14. The van der Waals surface area contributed by atoms with E-state index in [0.717, 1.165) is 12.8 Å². The molecule has 92 valence electrons. The van der Waals surface area contributed by atoms with Crippen molar-refractivity contribution in [3.8, 4) is 0 Å². The maximum atomic E-state index is 11.6. The summed E-state index contributed by atoms with van der Waals surface area (Å²) in [5.74, 6) is 0.393. The van der Waals surface area contributed by atoms with Crippen LogP contribution in [-0.4, -0.2) is 23.1 Å². The number of nitrogens with one attached hydrogen (secondary N) is 1. The van der Waals surface area contributed by atoms with Gasteiger partial charge in [0.15, 0.2) is 0 Å². The average molecular weight is 235 g/mol. The van der Waals surface area contributed by atoms with E-state index in [0.29, 0.717) is 12.5 Å². The summed E-state index contributed by atoms with van der Waals surface area (Å²) in [7, 11) is 0. The van der Waals surface area contributed by atoms with E-state index in [2.05, 4.69) is 5.32 Å². The number of pyridine rings is 1. The summed E-state index contributed by atoms with van der Waals surface area (Å²) in [5, 5.41) is 2.76. The average Bonchev–Trinajstić information content (AvgIpc) is 3.13. The normalized spacial score (nSPS) is 16.5. The van der Waals surface area contributed by atoms with E-state index in [1.54, 1.807) is 18.3 Å². The zero-order valence-electron chi connectivity index (χ0n) is 9.63. The highest BCUT2D eigenvalue weighted by Crippen LogP contribution is 2.31. The first-order valence-electron chi connectivity index (χ1n) is 5.84. The quantitative estimate of drug-likeness (QED) is 0.735. The molecule has 1 fully saturated rings. The smallest absolute Gasteiger partial charge is 0.250 e. The molecule has 3 N–H and O–H groups in total. The second-order valence-corrected chi connectivity index (χ2v) is 4.47. The van der Waals surface area contributed by atoms with Crippen molar-refractivity contribution in [2.24, 2.45) is 11.7 Å². The van der Waals surface area contributed by atoms with E-state index >= 15 is 0 Å². The number of carbonyl (C=O) groups excluding carboxylic acids is 1. The predicted molar refractivity (Wildman–Crippen MR) is 64.4 cm³/mol. The van der Waals surface area contributed by atoms with Crippen LogP contribution < -0.4 is 16.6 Å². The van der Waals surface area contributed by atoms with Gasteiger partial charge in [-0.2, -0.15) is 0 Å². The molecular weight excluding hydrogens is 218 g/mol. The van der Waals surface area contributed by atoms with Gasteiger partial charge in [-0.15, -0.1) is 0 Å². The Morgan fingerprint density at radius 3 is 2.94 bits per heavy atom. The molecule has 1 aromatic heterocycles. The molecule has 1 aromatic rings. The van der Waals surface area contributed by atoms with Gasteiger partial charge in [0.1, 0.15) is 6.54 Å². The van der Waals surface area contributed by atoms with Crippen molar-refractivity contribution in [1.29, 1.82) is 0 Å². The van der Waals surface area contributed by atoms with E-state index in [1.165, 1.54) is 10.6 Å². The summed E-state index contributed by atoms with van der Waals surface area (Å²) in [6, 6.07) is 4.86. The highest BCUT2D eigenvalue weighted by atomic mass is 16.2. The Hall–Kier alpha value is -1.62. The van der Waals surface area contributed by atoms with Crippen LogP contribution in [0.15, 0.2) is 29.2 Å². The summed E-state index contributed by atoms with van der Waals surface area (Å²) < 4.78 is 1.37. The largest absolute Gasteiger partial charge is 0.353 e. The molecule has 17 heavy (non-hydrogen) atoms. The van der Waals surface area contributed by atoms with Gasteiger partial charge in [-0.05, 0) is 24.8 Å². The zero-order valence-corrected chi connectivity index (χ0v) is 9.63. The first-order chi connectivity index (χ1) is 8.16. The Labute approximate surface area is 99.6 Å². The van der Waals surface area contributed by atoms with Crippen LogP contribution >= 0.6 is 0 Å². The predicted octanol–water partition coefficient (Wildman–Crippen LogP) is -0.298. The molecule has 1 unspecified atom stereocenters. The van der Waals surface area contributed by atoms with E-state index in [-0.39, 0.29) is 24.1 Å². The molecule has 1 saturated carbocycles. The molecule has 1 heterocycles. The van der Waals surface area contributed by atoms with E-state index in [1.807, 2.05) is 0 Å². The number of nitrogens with two attached hydrogens (primary N) is 1. The Morgan fingerprint density at radius 2 is 2.29 bits per heavy atom. The van der Waals surface area contributed by atoms with Crippen LogP contribution in [0.2, 0.25) is 0 Å². The molecule has 0 radical (unpaired) electrons. The lowest BCUT2D eigenvalue weighted by Gasteiger charge is -2.12. The minimum atomic E-state index is -0.172. The molecule has 5 heteroatoms. The topological polar surface area (TPSA) is 77.1 Å². The molecule has 0 spiro atoms. The maximum Gasteiger partial charge on any atom is 0.250 e. The van der Waals surface area contributed by atoms with Gasteiger partial charge in [-0.3, -0.25) is 9.59 Å². The first kappa shape index (κ1) is 11.9. The van der Waals surface area contributed by atoms with Crippen LogP contribution in [0.4, 0.5) is 0 Å². The zero-order chi connectivity index (χ0) is 12.3. The molecule has 0 saturated heterocycles. The minimum absolute atomic E-state index is 0.0476. The van der Waals surface area contributed by atoms with Gasteiger partial charge >= 0.3 is 0 Å². The number of aromatic nitrogens is 1. The van der Waals surface area contributed by atoms with Crippen LogP contribution in [0.5, 0.6) is 0 Å². The fourth-order valence-corrected chi connectivity index (χ4v) is 1.72. The molecule has 1 aliphatic rings. The molecule has 0 aliphatic heterocycles. The standard InChI is InChI=1S/C12H17N3O2/c13-10(9-4-5-9)7-14-11(16)8-15-6-2-1-3-12(15)17/h1-3,6,9-10H,4-5,7-8,13H2,(H,14,16). The van der Waals surface area contributed by atoms with Crippen molar-refractivity contribution in [1.82, 2.24) is 9.88 Å². The summed E-state index contributed by atoms with van der Waals surface area (Å²) in [6.45, 7) is 0.544. The van der Waals surface area contributed by atoms with Crippen LogP contribution in [-0.2, 0) is 11.3 Å². The van der Waals surface area contributed by atoms with Crippen molar-refractivity contribution in [3.63, 3.8) is 0 Å². The highest BCUT2D eigenvalue weighted by molar-refractivity contribution is 5.75. The van der Waals surface area contributed by atoms with Gasteiger partial charge < -0.3 is 15.6 Å². The SMILES string of the molecule is NC(CNC(=O)Cn1ccccc1=O)C1CC1. The van der Waals surface area contributed by atoms with Gasteiger partial charge in [-0.25, -0.2) is 0 Å². The molecule has 0 bridgehead atoms. The minimum Gasteiger partial charge on any atom is -0.353 e. The molecule has 1 atom stereocenters. The Morgan fingerprint density at radius 1 is 1.53 bits per heavy atom. The van der Waals surface area contributed by atoms with Gasteiger partial charge in [0, 0.05) is 24.8 Å². The summed E-state index contributed by atoms with van der Waals surface area (Å²) in [5.41, 5.74) is 5.70. The Kier molecular flexibility index (Phi) is 3.58. The third kappa shape index (κ3) is 3.42. The Bertz CT molecular complexity index is 451. The van der Waals surface area contributed by atoms with Gasteiger partial charge in [0.25, 0.3) is 5.56 Å². The Balaban J connectivity index is 1.81. The van der Waals surface area contributed by atoms with Crippen molar-refractivity contribution in [3.05, 3.63) is 34.7 Å². The molecule has 1 aliphatic carbocycles. The molecule has 2 rings (SSSR count). The maximum absolute atomic E-state index is 11.6. The number of hydrogen-bond acceptors (Lipinski definition) is 3. The van der Waals surface area contributed by atoms with E-state index < -0.39 is 0 Å². The van der Waals surface area contributed by atoms with Gasteiger partial charge in [0.2, 0.25) is 5.91 Å². The number of amides is 1. The second-order valence-electron chi connectivity index (χ2n) is 4.47. The van der Waals surface area contributed by atoms with Crippen molar-refractivity contribution in [2.45, 2.75) is 25.4 Å². The molecule has 5 nitrogen and oxygen atoms in total. The first-order valence-corrected chi connectivity index (χ1v) is 5.84. The van der Waals surface area contributed by atoms with Crippen LogP contribution in [0.1, 0.15) is 12.8 Å². The monoisotopic (exact) mass is 235 g/mol. The lowest BCUT2D eigenvalue weighted by atomic mass is 10.2. The fraction of sp³-hybridized carbons (Fsp3) is 0.500. The third-order valence-corrected chi connectivity index (χ3v) is 2.98. The summed E-state index contributed by atoms with van der Waals surface area (Å²) in [6.07, 6.45) is 3.92. The highest BCUT2D eigenvalue weighted by Gasteiger charge is 2.28. The van der Waals surface area contributed by atoms with Crippen molar-refractivity contribution < 1.29 is 4.79 Å². The van der Waals surface area contributed by atoms with Gasteiger partial charge in [0.05, 0.1) is 0 Å². The number of carbonyl (C=O) groups is 1. The number of rotatable bonds is 5. The van der Waals surface area contributed by atoms with Crippen molar-refractivity contribution >= 4 is 5.91 Å². The summed E-state index contributed by atoms with van der Waals surface area (Å²) in [4.78, 5) is 23.0. The summed E-state index contributed by atoms with van der Waals surface area (Å²) >= 11 is 0. The van der Waals surface area contributed by atoms with E-state index in [4.69, 9.17) is 5.73 Å². The van der Waals surface area contributed by atoms with Crippen LogP contribution in [0, 0.1) is 5.92 Å². The lowest BCUT2D eigenvalue weighted by molar-refractivity contribution is -0.121. The number of nitrogens with zero attached hydrogens (tertiary/aromatic N) is 1. The number of hydrogen-bond donors (Lipinski definition) is 2.